The molecule has 10 heteroatoms. The van der Waals surface area contributed by atoms with Gasteiger partial charge in [0.2, 0.25) is 17.7 Å². The number of hydrogen-bond donors (Lipinski definition) is 6. The largest absolute Gasteiger partial charge is 0.480 e. The number of aliphatic carboxylic acids is 1. The van der Waals surface area contributed by atoms with Crippen molar-refractivity contribution in [2.45, 2.75) is 85.0 Å². The molecule has 0 aromatic carbocycles. The minimum Gasteiger partial charge on any atom is -0.480 e. The lowest BCUT2D eigenvalue weighted by Crippen LogP contribution is -2.60. The smallest absolute Gasteiger partial charge is 0.326 e. The van der Waals surface area contributed by atoms with Gasteiger partial charge in [-0.2, -0.15) is 0 Å². The van der Waals surface area contributed by atoms with E-state index in [-0.39, 0.29) is 17.8 Å². The summed E-state index contributed by atoms with van der Waals surface area (Å²) in [6.07, 6.45) is 1.92. The average Bonchev–Trinajstić information content (AvgIpc) is 2.66. The SMILES string of the molecule is CC(C)C(NC(=O)C(NC(=O)C(NC(=O)C(N)CCCCN)C(C)C)C(C)C)C(=O)O. The number of nitrogens with one attached hydrogen (secondary N) is 3. The van der Waals surface area contributed by atoms with Gasteiger partial charge in [-0.3, -0.25) is 14.4 Å². The van der Waals surface area contributed by atoms with Crippen LogP contribution in [-0.4, -0.2) is 59.5 Å². The van der Waals surface area contributed by atoms with E-state index in [0.717, 1.165) is 6.42 Å². The molecule has 0 rings (SSSR count). The summed E-state index contributed by atoms with van der Waals surface area (Å²) in [4.78, 5) is 49.4. The van der Waals surface area contributed by atoms with Crippen molar-refractivity contribution in [3.63, 3.8) is 0 Å². The molecular formula is C21H41N5O5. The Balaban J connectivity index is 5.25. The molecule has 0 saturated carbocycles. The van der Waals surface area contributed by atoms with E-state index in [1.165, 1.54) is 0 Å². The van der Waals surface area contributed by atoms with Crippen LogP contribution >= 0.6 is 0 Å². The molecule has 8 N–H and O–H groups in total. The van der Waals surface area contributed by atoms with Crippen LogP contribution in [0.25, 0.3) is 0 Å². The molecule has 0 heterocycles. The quantitative estimate of drug-likeness (QED) is 0.204. The highest BCUT2D eigenvalue weighted by Crippen LogP contribution is 2.09. The van der Waals surface area contributed by atoms with Gasteiger partial charge < -0.3 is 32.5 Å². The third-order valence-electron chi connectivity index (χ3n) is 5.03. The number of nitrogens with two attached hydrogens (primary N) is 2. The van der Waals surface area contributed by atoms with E-state index in [2.05, 4.69) is 16.0 Å². The van der Waals surface area contributed by atoms with Gasteiger partial charge in [0.05, 0.1) is 6.04 Å². The Morgan fingerprint density at radius 1 is 0.710 bits per heavy atom. The summed E-state index contributed by atoms with van der Waals surface area (Å²) in [6, 6.07) is -3.67. The number of carboxylic acids is 1. The van der Waals surface area contributed by atoms with Crippen LogP contribution in [0.5, 0.6) is 0 Å². The lowest BCUT2D eigenvalue weighted by molar-refractivity contribution is -0.144. The van der Waals surface area contributed by atoms with Gasteiger partial charge in [0.1, 0.15) is 18.1 Å². The summed E-state index contributed by atoms with van der Waals surface area (Å²) in [5.74, 6) is -3.57. The van der Waals surface area contributed by atoms with Gasteiger partial charge in [-0.1, -0.05) is 48.0 Å². The summed E-state index contributed by atoms with van der Waals surface area (Å²) in [5, 5.41) is 17.1. The summed E-state index contributed by atoms with van der Waals surface area (Å²) in [6.45, 7) is 10.9. The van der Waals surface area contributed by atoms with Crippen LogP contribution in [0, 0.1) is 17.8 Å². The highest BCUT2D eigenvalue weighted by Gasteiger charge is 2.33. The topological polar surface area (TPSA) is 177 Å². The molecule has 0 bridgehead atoms. The highest BCUT2D eigenvalue weighted by atomic mass is 16.4. The van der Waals surface area contributed by atoms with Crippen molar-refractivity contribution in [1.29, 1.82) is 0 Å². The Kier molecular flexibility index (Phi) is 13.0. The van der Waals surface area contributed by atoms with Crippen molar-refractivity contribution in [2.75, 3.05) is 6.54 Å². The molecule has 4 unspecified atom stereocenters. The first-order valence-electron chi connectivity index (χ1n) is 10.9. The molecule has 180 valence electrons. The zero-order chi connectivity index (χ0) is 24.3. The highest BCUT2D eigenvalue weighted by molar-refractivity contribution is 5.94. The van der Waals surface area contributed by atoms with Crippen LogP contribution in [-0.2, 0) is 19.2 Å². The van der Waals surface area contributed by atoms with E-state index in [0.29, 0.717) is 19.4 Å². The Bertz CT molecular complexity index is 609. The van der Waals surface area contributed by atoms with E-state index >= 15 is 0 Å². The van der Waals surface area contributed by atoms with Crippen LogP contribution in [0.15, 0.2) is 0 Å². The Morgan fingerprint density at radius 3 is 1.45 bits per heavy atom. The van der Waals surface area contributed by atoms with E-state index in [1.54, 1.807) is 41.5 Å². The Hall–Kier alpha value is -2.20. The minimum absolute atomic E-state index is 0.251. The van der Waals surface area contributed by atoms with Crippen molar-refractivity contribution < 1.29 is 24.3 Å². The van der Waals surface area contributed by atoms with E-state index < -0.39 is 47.9 Å². The van der Waals surface area contributed by atoms with Gasteiger partial charge in [0.25, 0.3) is 0 Å². The van der Waals surface area contributed by atoms with Crippen molar-refractivity contribution in [3.05, 3.63) is 0 Å². The molecule has 0 aliphatic heterocycles. The second-order valence-corrected chi connectivity index (χ2v) is 8.92. The summed E-state index contributed by atoms with van der Waals surface area (Å²) in [5.41, 5.74) is 11.4. The molecule has 0 fully saturated rings. The molecule has 0 aromatic rings. The summed E-state index contributed by atoms with van der Waals surface area (Å²) < 4.78 is 0. The molecule has 3 amide bonds. The van der Waals surface area contributed by atoms with Crippen molar-refractivity contribution in [2.24, 2.45) is 29.2 Å². The molecule has 0 radical (unpaired) electrons. The first-order valence-corrected chi connectivity index (χ1v) is 10.9. The third-order valence-corrected chi connectivity index (χ3v) is 5.03. The van der Waals surface area contributed by atoms with Gasteiger partial charge in [-0.05, 0) is 37.1 Å². The van der Waals surface area contributed by atoms with Crippen LogP contribution in [0.4, 0.5) is 0 Å². The van der Waals surface area contributed by atoms with Gasteiger partial charge >= 0.3 is 5.97 Å². The van der Waals surface area contributed by atoms with Crippen molar-refractivity contribution >= 4 is 23.7 Å². The number of amides is 3. The molecule has 0 aromatic heterocycles. The lowest BCUT2D eigenvalue weighted by Gasteiger charge is -2.29. The Labute approximate surface area is 185 Å². The van der Waals surface area contributed by atoms with Gasteiger partial charge in [0, 0.05) is 0 Å². The third kappa shape index (κ3) is 10.1. The first-order chi connectivity index (χ1) is 14.3. The van der Waals surface area contributed by atoms with Crippen LogP contribution in [0.2, 0.25) is 0 Å². The number of carbonyl (C=O) groups is 4. The zero-order valence-electron chi connectivity index (χ0n) is 19.6. The standard InChI is InChI=1S/C21H41N5O5/c1-11(2)15(24-18(27)14(23)9-7-8-10-22)19(28)25-16(12(3)4)20(29)26-17(13(5)6)21(30)31/h11-17H,7-10,22-23H2,1-6H3,(H,24,27)(H,25,28)(H,26,29)(H,30,31). The number of unbranched alkanes of at least 4 members (excludes halogenated alkanes) is 1. The van der Waals surface area contributed by atoms with Gasteiger partial charge in [-0.25, -0.2) is 4.79 Å². The van der Waals surface area contributed by atoms with E-state index in [9.17, 15) is 24.3 Å². The first kappa shape index (κ1) is 28.8. The van der Waals surface area contributed by atoms with E-state index in [4.69, 9.17) is 11.5 Å². The normalized spacial score (nSPS) is 15.3. The maximum Gasteiger partial charge on any atom is 0.326 e. The molecule has 0 spiro atoms. The summed E-state index contributed by atoms with van der Waals surface area (Å²) in [7, 11) is 0. The average molecular weight is 444 g/mol. The molecular weight excluding hydrogens is 402 g/mol. The lowest BCUT2D eigenvalue weighted by atomic mass is 9.98. The molecule has 10 nitrogen and oxygen atoms in total. The van der Waals surface area contributed by atoms with Crippen molar-refractivity contribution in [3.8, 4) is 0 Å². The number of carbonyl (C=O) groups excluding carboxylic acids is 3. The maximum atomic E-state index is 12.9. The second-order valence-electron chi connectivity index (χ2n) is 8.92. The molecule has 0 aliphatic carbocycles. The van der Waals surface area contributed by atoms with Crippen LogP contribution in [0.3, 0.4) is 0 Å². The monoisotopic (exact) mass is 443 g/mol. The van der Waals surface area contributed by atoms with E-state index in [1.807, 2.05) is 0 Å². The van der Waals surface area contributed by atoms with Gasteiger partial charge in [-0.15, -0.1) is 0 Å². The predicted octanol–water partition coefficient (Wildman–Crippen LogP) is -0.0503. The molecule has 4 atom stereocenters. The Morgan fingerprint density at radius 2 is 1.10 bits per heavy atom. The fourth-order valence-electron chi connectivity index (χ4n) is 2.97. The summed E-state index contributed by atoms with van der Waals surface area (Å²) >= 11 is 0. The van der Waals surface area contributed by atoms with Crippen LogP contribution < -0.4 is 27.4 Å². The predicted molar refractivity (Wildman–Crippen MR) is 119 cm³/mol. The molecule has 0 saturated heterocycles. The number of carboxylic acid groups (broad SMARTS) is 1. The minimum atomic E-state index is -1.15. The maximum absolute atomic E-state index is 12.9. The zero-order valence-corrected chi connectivity index (χ0v) is 19.6. The second kappa shape index (κ2) is 14.0. The molecule has 0 aliphatic rings. The molecule has 31 heavy (non-hydrogen) atoms. The number of rotatable bonds is 14. The number of hydrogen-bond acceptors (Lipinski definition) is 6. The fourth-order valence-corrected chi connectivity index (χ4v) is 2.97. The van der Waals surface area contributed by atoms with Gasteiger partial charge in [0.15, 0.2) is 0 Å². The van der Waals surface area contributed by atoms with Crippen molar-refractivity contribution in [1.82, 2.24) is 16.0 Å². The fraction of sp³-hybridized carbons (Fsp3) is 0.810. The van der Waals surface area contributed by atoms with Crippen LogP contribution in [0.1, 0.15) is 60.8 Å².